The SMILES string of the molecule is CCN(CC(=O)N1CCc2ccccc21)C1CCCNC1. The van der Waals surface area contributed by atoms with Crippen molar-refractivity contribution in [2.75, 3.05) is 37.6 Å². The first kappa shape index (κ1) is 14.5. The minimum absolute atomic E-state index is 0.243. The molecular formula is C17H25N3O. The number of anilines is 1. The third kappa shape index (κ3) is 3.11. The summed E-state index contributed by atoms with van der Waals surface area (Å²) >= 11 is 0. The van der Waals surface area contributed by atoms with Crippen molar-refractivity contribution in [3.63, 3.8) is 0 Å². The molecule has 4 heteroatoms. The lowest BCUT2D eigenvalue weighted by Crippen LogP contribution is -2.50. The van der Waals surface area contributed by atoms with E-state index in [1.165, 1.54) is 18.4 Å². The molecule has 1 amide bonds. The van der Waals surface area contributed by atoms with E-state index in [0.717, 1.165) is 38.3 Å². The van der Waals surface area contributed by atoms with Crippen molar-refractivity contribution in [3.8, 4) is 0 Å². The van der Waals surface area contributed by atoms with Gasteiger partial charge in [-0.15, -0.1) is 0 Å². The number of hydrogen-bond donors (Lipinski definition) is 1. The predicted molar refractivity (Wildman–Crippen MR) is 85.6 cm³/mol. The molecule has 2 aliphatic heterocycles. The summed E-state index contributed by atoms with van der Waals surface area (Å²) in [6, 6.07) is 8.78. The van der Waals surface area contributed by atoms with E-state index in [9.17, 15) is 4.79 Å². The zero-order valence-electron chi connectivity index (χ0n) is 12.8. The van der Waals surface area contributed by atoms with Crippen molar-refractivity contribution >= 4 is 11.6 Å². The Morgan fingerprint density at radius 1 is 1.43 bits per heavy atom. The Morgan fingerprint density at radius 2 is 2.29 bits per heavy atom. The van der Waals surface area contributed by atoms with Gasteiger partial charge in [-0.1, -0.05) is 25.1 Å². The van der Waals surface area contributed by atoms with Crippen LogP contribution in [0.15, 0.2) is 24.3 Å². The lowest BCUT2D eigenvalue weighted by atomic mass is 10.1. The molecule has 4 nitrogen and oxygen atoms in total. The quantitative estimate of drug-likeness (QED) is 0.914. The Balaban J connectivity index is 1.65. The van der Waals surface area contributed by atoms with Gasteiger partial charge in [-0.05, 0) is 44.0 Å². The first-order chi connectivity index (χ1) is 10.3. The lowest BCUT2D eigenvalue weighted by Gasteiger charge is -2.34. The summed E-state index contributed by atoms with van der Waals surface area (Å²) in [7, 11) is 0. The highest BCUT2D eigenvalue weighted by molar-refractivity contribution is 5.96. The third-order valence-corrected chi connectivity index (χ3v) is 4.72. The maximum absolute atomic E-state index is 12.7. The molecule has 1 aromatic rings. The number of rotatable bonds is 4. The summed E-state index contributed by atoms with van der Waals surface area (Å²) < 4.78 is 0. The Hall–Kier alpha value is -1.39. The van der Waals surface area contributed by atoms with E-state index in [0.29, 0.717) is 12.6 Å². The van der Waals surface area contributed by atoms with E-state index in [1.807, 2.05) is 11.0 Å². The number of amides is 1. The molecule has 1 N–H and O–H groups in total. The Bertz CT molecular complexity index is 497. The van der Waals surface area contributed by atoms with E-state index in [-0.39, 0.29) is 5.91 Å². The number of hydrogen-bond acceptors (Lipinski definition) is 3. The standard InChI is InChI=1S/C17H25N3O/c1-2-19(15-7-5-10-18-12-15)13-17(21)20-11-9-14-6-3-4-8-16(14)20/h3-4,6,8,15,18H,2,5,7,9-13H2,1H3. The highest BCUT2D eigenvalue weighted by Crippen LogP contribution is 2.27. The molecule has 0 bridgehead atoms. The van der Waals surface area contributed by atoms with Crippen LogP contribution < -0.4 is 10.2 Å². The minimum atomic E-state index is 0.243. The maximum atomic E-state index is 12.7. The maximum Gasteiger partial charge on any atom is 0.241 e. The van der Waals surface area contributed by atoms with Gasteiger partial charge in [0.15, 0.2) is 0 Å². The van der Waals surface area contributed by atoms with Crippen molar-refractivity contribution in [3.05, 3.63) is 29.8 Å². The molecule has 1 atom stereocenters. The first-order valence-corrected chi connectivity index (χ1v) is 8.12. The summed E-state index contributed by atoms with van der Waals surface area (Å²) in [4.78, 5) is 17.0. The number of fused-ring (bicyclic) bond motifs is 1. The number of carbonyl (C=O) groups is 1. The fourth-order valence-corrected chi connectivity index (χ4v) is 3.50. The van der Waals surface area contributed by atoms with Gasteiger partial charge in [-0.3, -0.25) is 9.69 Å². The molecule has 0 aliphatic carbocycles. The Labute approximate surface area is 127 Å². The van der Waals surface area contributed by atoms with Crippen LogP contribution in [-0.2, 0) is 11.2 Å². The fraction of sp³-hybridized carbons (Fsp3) is 0.588. The summed E-state index contributed by atoms with van der Waals surface area (Å²) in [5, 5.41) is 3.44. The summed E-state index contributed by atoms with van der Waals surface area (Å²) in [6.45, 7) is 6.59. The molecule has 2 aliphatic rings. The van der Waals surface area contributed by atoms with Crippen molar-refractivity contribution in [1.29, 1.82) is 0 Å². The van der Waals surface area contributed by atoms with Crippen LogP contribution in [0.25, 0.3) is 0 Å². The van der Waals surface area contributed by atoms with Crippen LogP contribution in [0.3, 0.4) is 0 Å². The predicted octanol–water partition coefficient (Wildman–Crippen LogP) is 1.65. The number of piperidine rings is 1. The van der Waals surface area contributed by atoms with Crippen LogP contribution in [0.5, 0.6) is 0 Å². The normalized spacial score (nSPS) is 21.6. The average Bonchev–Trinajstić information content (AvgIpc) is 2.97. The van der Waals surface area contributed by atoms with Gasteiger partial charge in [0.2, 0.25) is 5.91 Å². The van der Waals surface area contributed by atoms with E-state index in [4.69, 9.17) is 0 Å². The van der Waals surface area contributed by atoms with Crippen LogP contribution in [0.1, 0.15) is 25.3 Å². The molecule has 0 radical (unpaired) electrons. The highest BCUT2D eigenvalue weighted by atomic mass is 16.2. The Morgan fingerprint density at radius 3 is 3.05 bits per heavy atom. The molecule has 1 fully saturated rings. The molecule has 0 saturated carbocycles. The third-order valence-electron chi connectivity index (χ3n) is 4.72. The average molecular weight is 287 g/mol. The second kappa shape index (κ2) is 6.58. The second-order valence-corrected chi connectivity index (χ2v) is 5.99. The van der Waals surface area contributed by atoms with Crippen molar-refractivity contribution in [2.45, 2.75) is 32.2 Å². The van der Waals surface area contributed by atoms with E-state index in [2.05, 4.69) is 35.3 Å². The molecule has 0 aromatic heterocycles. The van der Waals surface area contributed by atoms with Gasteiger partial charge in [0.25, 0.3) is 0 Å². The molecule has 1 aromatic carbocycles. The fourth-order valence-electron chi connectivity index (χ4n) is 3.50. The molecule has 3 rings (SSSR count). The molecular weight excluding hydrogens is 262 g/mol. The number of likely N-dealkylation sites (N-methyl/N-ethyl adjacent to an activating group) is 1. The Kier molecular flexibility index (Phi) is 4.56. The molecule has 1 unspecified atom stereocenters. The monoisotopic (exact) mass is 287 g/mol. The molecule has 0 spiro atoms. The van der Waals surface area contributed by atoms with Gasteiger partial charge in [-0.25, -0.2) is 0 Å². The molecule has 1 saturated heterocycles. The van der Waals surface area contributed by atoms with Gasteiger partial charge in [-0.2, -0.15) is 0 Å². The second-order valence-electron chi connectivity index (χ2n) is 5.99. The van der Waals surface area contributed by atoms with Gasteiger partial charge >= 0.3 is 0 Å². The lowest BCUT2D eigenvalue weighted by molar-refractivity contribution is -0.120. The molecule has 2 heterocycles. The largest absolute Gasteiger partial charge is 0.315 e. The van der Waals surface area contributed by atoms with Crippen molar-refractivity contribution in [1.82, 2.24) is 10.2 Å². The zero-order valence-corrected chi connectivity index (χ0v) is 12.8. The van der Waals surface area contributed by atoms with Crippen LogP contribution in [0.4, 0.5) is 5.69 Å². The van der Waals surface area contributed by atoms with Crippen molar-refractivity contribution in [2.24, 2.45) is 0 Å². The number of benzene rings is 1. The summed E-state index contributed by atoms with van der Waals surface area (Å²) in [6.07, 6.45) is 3.39. The van der Waals surface area contributed by atoms with Crippen LogP contribution in [0.2, 0.25) is 0 Å². The minimum Gasteiger partial charge on any atom is -0.315 e. The highest BCUT2D eigenvalue weighted by Gasteiger charge is 2.27. The number of carbonyl (C=O) groups excluding carboxylic acids is 1. The van der Waals surface area contributed by atoms with Crippen LogP contribution in [-0.4, -0.2) is 49.6 Å². The van der Waals surface area contributed by atoms with Gasteiger partial charge in [0.05, 0.1) is 6.54 Å². The van der Waals surface area contributed by atoms with Crippen molar-refractivity contribution < 1.29 is 4.79 Å². The van der Waals surface area contributed by atoms with Gasteiger partial charge in [0.1, 0.15) is 0 Å². The number of nitrogens with zero attached hydrogens (tertiary/aromatic N) is 2. The first-order valence-electron chi connectivity index (χ1n) is 8.12. The summed E-state index contributed by atoms with van der Waals surface area (Å²) in [5.74, 6) is 0.243. The van der Waals surface area contributed by atoms with Crippen LogP contribution >= 0.6 is 0 Å². The summed E-state index contributed by atoms with van der Waals surface area (Å²) in [5.41, 5.74) is 2.41. The van der Waals surface area contributed by atoms with E-state index in [1.54, 1.807) is 0 Å². The molecule has 21 heavy (non-hydrogen) atoms. The van der Waals surface area contributed by atoms with Crippen LogP contribution in [0, 0.1) is 0 Å². The molecule has 114 valence electrons. The number of nitrogens with one attached hydrogen (secondary N) is 1. The van der Waals surface area contributed by atoms with Gasteiger partial charge in [0, 0.05) is 24.8 Å². The smallest absolute Gasteiger partial charge is 0.241 e. The van der Waals surface area contributed by atoms with E-state index >= 15 is 0 Å². The van der Waals surface area contributed by atoms with Gasteiger partial charge < -0.3 is 10.2 Å². The van der Waals surface area contributed by atoms with E-state index < -0.39 is 0 Å². The zero-order chi connectivity index (χ0) is 14.7. The number of para-hydroxylation sites is 1. The topological polar surface area (TPSA) is 35.6 Å².